The van der Waals surface area contributed by atoms with Gasteiger partial charge in [-0.25, -0.2) is 0 Å². The van der Waals surface area contributed by atoms with Gasteiger partial charge in [-0.3, -0.25) is 38.9 Å². The molecule has 5 rings (SSSR count). The fourth-order valence-electron chi connectivity index (χ4n) is 8.05. The van der Waals surface area contributed by atoms with Gasteiger partial charge in [-0.15, -0.1) is 0 Å². The van der Waals surface area contributed by atoms with Crippen LogP contribution in [0.15, 0.2) is 91.0 Å². The molecular formula is C48H57NO18. The van der Waals surface area contributed by atoms with E-state index in [0.29, 0.717) is 16.7 Å². The highest BCUT2D eigenvalue weighted by atomic mass is 16.7. The van der Waals surface area contributed by atoms with E-state index < -0.39 is 122 Å². The Bertz CT molecular complexity index is 2140. The van der Waals surface area contributed by atoms with E-state index in [9.17, 15) is 33.6 Å². The summed E-state index contributed by atoms with van der Waals surface area (Å²) in [5, 5.41) is 3.30. The SMILES string of the molecule is CC(=O)OC[C@H]1O[C@@H](OC(C)=O)[C@H](OCc2ccccc2)[C@@H](OC(C)=O)[C@@H]1N[C@@H]1[C@H](OC(C)=O)[C@@H](OC(C)=O)[C@H](OCc2ccccc2)[C@](COC(C)=O)(OCc2ccccc2)[C@H]1OC(C)=O. The molecule has 1 saturated heterocycles. The van der Waals surface area contributed by atoms with Gasteiger partial charge in [-0.05, 0) is 16.7 Å². The molecule has 0 aromatic heterocycles. The summed E-state index contributed by atoms with van der Waals surface area (Å²) in [5.41, 5.74) is -0.234. The molecule has 0 bridgehead atoms. The molecule has 19 nitrogen and oxygen atoms in total. The Morgan fingerprint density at radius 2 is 0.925 bits per heavy atom. The van der Waals surface area contributed by atoms with E-state index in [4.69, 9.17) is 52.1 Å². The molecule has 19 heteroatoms. The Balaban J connectivity index is 1.78. The fraction of sp³-hybridized carbons (Fsp3) is 0.479. The lowest BCUT2D eigenvalue weighted by molar-refractivity contribution is -0.305. The van der Waals surface area contributed by atoms with Crippen LogP contribution in [0.5, 0.6) is 0 Å². The lowest BCUT2D eigenvalue weighted by Gasteiger charge is -2.56. The van der Waals surface area contributed by atoms with Gasteiger partial charge >= 0.3 is 41.8 Å². The predicted octanol–water partition coefficient (Wildman–Crippen LogP) is 3.59. The minimum Gasteiger partial charge on any atom is -0.463 e. The number of hydrogen-bond donors (Lipinski definition) is 1. The highest BCUT2D eigenvalue weighted by Gasteiger charge is 2.67. The van der Waals surface area contributed by atoms with Crippen LogP contribution in [0.3, 0.4) is 0 Å². The third kappa shape index (κ3) is 14.6. The zero-order valence-corrected chi connectivity index (χ0v) is 38.3. The van der Waals surface area contributed by atoms with Crippen LogP contribution >= 0.6 is 0 Å². The number of esters is 7. The summed E-state index contributed by atoms with van der Waals surface area (Å²) < 4.78 is 67.3. The van der Waals surface area contributed by atoms with Crippen molar-refractivity contribution < 1.29 is 85.7 Å². The van der Waals surface area contributed by atoms with E-state index in [1.165, 1.54) is 0 Å². The van der Waals surface area contributed by atoms with E-state index in [1.54, 1.807) is 91.0 Å². The van der Waals surface area contributed by atoms with Gasteiger partial charge in [-0.1, -0.05) is 91.0 Å². The monoisotopic (exact) mass is 935 g/mol. The Morgan fingerprint density at radius 3 is 1.40 bits per heavy atom. The maximum Gasteiger partial charge on any atom is 0.305 e. The Labute approximate surface area is 387 Å². The molecule has 0 spiro atoms. The molecule has 2 aliphatic rings. The first-order valence-electron chi connectivity index (χ1n) is 21.5. The maximum atomic E-state index is 13.5. The summed E-state index contributed by atoms with van der Waals surface area (Å²) in [6.07, 6.45) is -12.5. The van der Waals surface area contributed by atoms with Crippen LogP contribution in [0.25, 0.3) is 0 Å². The zero-order chi connectivity index (χ0) is 48.7. The van der Waals surface area contributed by atoms with Gasteiger partial charge < -0.3 is 52.1 Å². The Hall–Kier alpha value is -6.25. The van der Waals surface area contributed by atoms with Gasteiger partial charge in [0.05, 0.1) is 31.9 Å². The summed E-state index contributed by atoms with van der Waals surface area (Å²) in [6.45, 7) is 6.06. The van der Waals surface area contributed by atoms with Crippen LogP contribution in [0.1, 0.15) is 65.2 Å². The van der Waals surface area contributed by atoms with E-state index in [-0.39, 0.29) is 19.8 Å². The first-order valence-corrected chi connectivity index (χ1v) is 21.5. The molecular weight excluding hydrogens is 879 g/mol. The van der Waals surface area contributed by atoms with Crippen molar-refractivity contribution in [2.45, 2.75) is 135 Å². The van der Waals surface area contributed by atoms with E-state index in [0.717, 1.165) is 48.5 Å². The van der Waals surface area contributed by atoms with Crippen molar-refractivity contribution >= 4 is 41.8 Å². The zero-order valence-electron chi connectivity index (χ0n) is 38.3. The number of benzene rings is 3. The molecule has 2 fully saturated rings. The van der Waals surface area contributed by atoms with Crippen LogP contribution in [-0.4, -0.2) is 122 Å². The first kappa shape index (κ1) is 51.7. The molecule has 0 amide bonds. The number of carbonyl (C=O) groups excluding carboxylic acids is 7. The molecule has 11 atom stereocenters. The molecule has 3 aromatic rings. The van der Waals surface area contributed by atoms with E-state index in [2.05, 4.69) is 5.32 Å². The highest BCUT2D eigenvalue weighted by Crippen LogP contribution is 2.43. The first-order chi connectivity index (χ1) is 32.0. The van der Waals surface area contributed by atoms with E-state index >= 15 is 0 Å². The third-order valence-electron chi connectivity index (χ3n) is 10.6. The molecule has 3 aromatic carbocycles. The fourth-order valence-corrected chi connectivity index (χ4v) is 8.05. The highest BCUT2D eigenvalue weighted by molar-refractivity contribution is 5.69. The largest absolute Gasteiger partial charge is 0.463 e. The van der Waals surface area contributed by atoms with Crippen LogP contribution in [0.2, 0.25) is 0 Å². The second-order valence-electron chi connectivity index (χ2n) is 15.9. The maximum absolute atomic E-state index is 13.5. The smallest absolute Gasteiger partial charge is 0.305 e. The van der Waals surface area contributed by atoms with Crippen LogP contribution in [0.4, 0.5) is 0 Å². The third-order valence-corrected chi connectivity index (χ3v) is 10.6. The number of ether oxygens (including phenoxy) is 11. The number of carbonyl (C=O) groups is 7. The normalized spacial score (nSPS) is 26.8. The predicted molar refractivity (Wildman–Crippen MR) is 231 cm³/mol. The van der Waals surface area contributed by atoms with Gasteiger partial charge in [0.1, 0.15) is 25.4 Å². The quantitative estimate of drug-likeness (QED) is 0.126. The van der Waals surface area contributed by atoms with Crippen molar-refractivity contribution in [3.8, 4) is 0 Å². The Morgan fingerprint density at radius 1 is 0.478 bits per heavy atom. The standard InChI is InChI=1S/C48H57NO18/c1-28(50)57-26-38-39(41(62-30(3)52)44(47(67-38)66-34(7)56)58-23-35-17-11-8-12-18-35)49-40-42(63-31(4)53)43(64-32(5)54)46(59-24-36-19-13-9-14-20-36)48(27-60-29(2)51,45(40)65-33(6)55)61-25-37-21-15-10-16-22-37/h8-22,38-47,49H,23-27H2,1-7H3/t38-,39-,40-,41+,42+,43-,44-,45+,46+,47-,48-/m1/s1. The van der Waals surface area contributed by atoms with Crippen LogP contribution < -0.4 is 5.32 Å². The minimum absolute atomic E-state index is 0.116. The summed E-state index contributed by atoms with van der Waals surface area (Å²) in [4.78, 5) is 91.1. The molecule has 1 aliphatic carbocycles. The molecule has 1 heterocycles. The minimum atomic E-state index is -2.16. The van der Waals surface area contributed by atoms with Crippen molar-refractivity contribution in [3.05, 3.63) is 108 Å². The molecule has 67 heavy (non-hydrogen) atoms. The second-order valence-corrected chi connectivity index (χ2v) is 15.9. The molecule has 1 aliphatic heterocycles. The topological polar surface area (TPSA) is 233 Å². The van der Waals surface area contributed by atoms with Crippen molar-refractivity contribution in [1.82, 2.24) is 5.32 Å². The van der Waals surface area contributed by atoms with Crippen LogP contribution in [-0.2, 0) is 105 Å². The molecule has 362 valence electrons. The van der Waals surface area contributed by atoms with Crippen molar-refractivity contribution in [2.75, 3.05) is 13.2 Å². The lowest BCUT2D eigenvalue weighted by atomic mass is 9.72. The van der Waals surface area contributed by atoms with E-state index in [1.807, 2.05) is 0 Å². The van der Waals surface area contributed by atoms with Crippen molar-refractivity contribution in [2.24, 2.45) is 0 Å². The summed E-state index contributed by atoms with van der Waals surface area (Å²) in [7, 11) is 0. The lowest BCUT2D eigenvalue weighted by Crippen LogP contribution is -2.80. The summed E-state index contributed by atoms with van der Waals surface area (Å²) in [6, 6.07) is 23.5. The summed E-state index contributed by atoms with van der Waals surface area (Å²) in [5.74, 6) is -5.81. The second kappa shape index (κ2) is 24.5. The number of nitrogens with one attached hydrogen (secondary N) is 1. The van der Waals surface area contributed by atoms with Gasteiger partial charge in [0.25, 0.3) is 0 Å². The average molecular weight is 936 g/mol. The molecule has 0 radical (unpaired) electrons. The van der Waals surface area contributed by atoms with Gasteiger partial charge in [-0.2, -0.15) is 0 Å². The Kier molecular flexibility index (Phi) is 18.9. The summed E-state index contributed by atoms with van der Waals surface area (Å²) >= 11 is 0. The number of hydrogen-bond acceptors (Lipinski definition) is 19. The van der Waals surface area contributed by atoms with Crippen LogP contribution in [0, 0.1) is 0 Å². The van der Waals surface area contributed by atoms with Gasteiger partial charge in [0.15, 0.2) is 36.1 Å². The van der Waals surface area contributed by atoms with Gasteiger partial charge in [0, 0.05) is 48.5 Å². The molecule has 1 saturated carbocycles. The van der Waals surface area contributed by atoms with Gasteiger partial charge in [0.2, 0.25) is 6.29 Å². The molecule has 0 unspecified atom stereocenters. The average Bonchev–Trinajstić information content (AvgIpc) is 3.27. The van der Waals surface area contributed by atoms with Crippen molar-refractivity contribution in [1.29, 1.82) is 0 Å². The van der Waals surface area contributed by atoms with Crippen molar-refractivity contribution in [3.63, 3.8) is 0 Å². The molecule has 1 N–H and O–H groups in total. The number of rotatable bonds is 20.